The summed E-state index contributed by atoms with van der Waals surface area (Å²) in [6.07, 6.45) is 0.680. The van der Waals surface area contributed by atoms with Gasteiger partial charge >= 0.3 is 0 Å². The zero-order chi connectivity index (χ0) is 16.7. The molecule has 2 amide bonds. The lowest BCUT2D eigenvalue weighted by molar-refractivity contribution is -0.134. The number of nitrogens with zero attached hydrogens (tertiary/aromatic N) is 1. The quantitative estimate of drug-likeness (QED) is 0.833. The first kappa shape index (κ1) is 16.7. The first-order valence-corrected chi connectivity index (χ1v) is 7.75. The topological polar surface area (TPSA) is 49.4 Å². The van der Waals surface area contributed by atoms with Gasteiger partial charge in [-0.15, -0.1) is 0 Å². The van der Waals surface area contributed by atoms with Crippen LogP contribution in [-0.4, -0.2) is 23.8 Å². The Labute approximate surface area is 137 Å². The number of hydrogen-bond donors (Lipinski definition) is 1. The molecule has 0 bridgehead atoms. The van der Waals surface area contributed by atoms with Gasteiger partial charge in [0.25, 0.3) is 0 Å². The van der Waals surface area contributed by atoms with E-state index in [4.69, 9.17) is 0 Å². The molecule has 0 atom stereocenters. The molecule has 23 heavy (non-hydrogen) atoms. The molecular formula is C19H22N2O2. The van der Waals surface area contributed by atoms with E-state index < -0.39 is 0 Å². The fourth-order valence-electron chi connectivity index (χ4n) is 2.36. The van der Waals surface area contributed by atoms with Crippen LogP contribution in [0.2, 0.25) is 0 Å². The fraction of sp³-hybridized carbons (Fsp3) is 0.263. The van der Waals surface area contributed by atoms with E-state index in [1.807, 2.05) is 61.5 Å². The van der Waals surface area contributed by atoms with E-state index in [1.165, 1.54) is 0 Å². The molecular weight excluding hydrogens is 288 g/mol. The van der Waals surface area contributed by atoms with Gasteiger partial charge in [0.1, 0.15) is 6.42 Å². The zero-order valence-electron chi connectivity index (χ0n) is 13.6. The van der Waals surface area contributed by atoms with Gasteiger partial charge in [-0.05, 0) is 23.6 Å². The molecule has 4 heteroatoms. The normalized spacial score (nSPS) is 10.2. The highest BCUT2D eigenvalue weighted by molar-refractivity contribution is 6.03. The Hall–Kier alpha value is -2.62. The molecule has 2 aromatic carbocycles. The van der Waals surface area contributed by atoms with Crippen LogP contribution in [0.5, 0.6) is 0 Å². The minimum atomic E-state index is -0.282. The zero-order valence-corrected chi connectivity index (χ0v) is 13.6. The second-order valence-corrected chi connectivity index (χ2v) is 5.47. The van der Waals surface area contributed by atoms with Crippen LogP contribution < -0.4 is 5.32 Å². The molecule has 0 radical (unpaired) electrons. The number of amides is 2. The van der Waals surface area contributed by atoms with Crippen molar-refractivity contribution in [1.82, 2.24) is 4.90 Å². The Morgan fingerprint density at radius 2 is 1.65 bits per heavy atom. The van der Waals surface area contributed by atoms with Crippen LogP contribution in [0.1, 0.15) is 24.5 Å². The van der Waals surface area contributed by atoms with Crippen molar-refractivity contribution < 1.29 is 9.59 Å². The summed E-state index contributed by atoms with van der Waals surface area (Å²) in [5.74, 6) is -0.476. The molecule has 1 N–H and O–H groups in total. The van der Waals surface area contributed by atoms with E-state index in [0.29, 0.717) is 6.54 Å². The van der Waals surface area contributed by atoms with Gasteiger partial charge in [0.2, 0.25) is 11.8 Å². The maximum atomic E-state index is 12.2. The average molecular weight is 310 g/mol. The number of hydrogen-bond acceptors (Lipinski definition) is 2. The summed E-state index contributed by atoms with van der Waals surface area (Å²) in [5.41, 5.74) is 2.88. The van der Waals surface area contributed by atoms with Crippen LogP contribution in [0.4, 0.5) is 5.69 Å². The maximum absolute atomic E-state index is 12.2. The molecule has 0 aliphatic carbocycles. The van der Waals surface area contributed by atoms with Gasteiger partial charge in [0.05, 0.1) is 0 Å². The highest BCUT2D eigenvalue weighted by Crippen LogP contribution is 2.15. The van der Waals surface area contributed by atoms with E-state index in [0.717, 1.165) is 23.2 Å². The average Bonchev–Trinajstić information content (AvgIpc) is 2.56. The summed E-state index contributed by atoms with van der Waals surface area (Å²) in [6.45, 7) is 2.53. The molecule has 0 spiro atoms. The third-order valence-corrected chi connectivity index (χ3v) is 3.67. The number of para-hydroxylation sites is 1. The Morgan fingerprint density at radius 3 is 2.35 bits per heavy atom. The number of benzene rings is 2. The Balaban J connectivity index is 1.90. The maximum Gasteiger partial charge on any atom is 0.233 e. The Morgan fingerprint density at radius 1 is 1.00 bits per heavy atom. The lowest BCUT2D eigenvalue weighted by Gasteiger charge is -2.17. The summed E-state index contributed by atoms with van der Waals surface area (Å²) in [4.78, 5) is 25.8. The number of aryl methyl sites for hydroxylation is 1. The van der Waals surface area contributed by atoms with Crippen molar-refractivity contribution in [2.45, 2.75) is 26.3 Å². The number of rotatable bonds is 6. The molecule has 0 fully saturated rings. The number of carbonyl (C=O) groups is 2. The molecule has 2 aromatic rings. The predicted molar refractivity (Wildman–Crippen MR) is 92.0 cm³/mol. The molecule has 0 aliphatic heterocycles. The van der Waals surface area contributed by atoms with Crippen molar-refractivity contribution in [3.8, 4) is 0 Å². The van der Waals surface area contributed by atoms with Gasteiger partial charge in [-0.1, -0.05) is 55.5 Å². The second-order valence-electron chi connectivity index (χ2n) is 5.47. The highest BCUT2D eigenvalue weighted by atomic mass is 16.2. The predicted octanol–water partition coefficient (Wildman–Crippen LogP) is 3.24. The van der Waals surface area contributed by atoms with Crippen molar-refractivity contribution in [1.29, 1.82) is 0 Å². The van der Waals surface area contributed by atoms with Crippen molar-refractivity contribution in [3.63, 3.8) is 0 Å². The van der Waals surface area contributed by atoms with Crippen molar-refractivity contribution in [2.24, 2.45) is 0 Å². The minimum Gasteiger partial charge on any atom is -0.341 e. The second kappa shape index (κ2) is 8.13. The Kier molecular flexibility index (Phi) is 5.92. The number of carbonyl (C=O) groups excluding carboxylic acids is 2. The van der Waals surface area contributed by atoms with Gasteiger partial charge in [0.15, 0.2) is 0 Å². The third-order valence-electron chi connectivity index (χ3n) is 3.67. The van der Waals surface area contributed by atoms with E-state index >= 15 is 0 Å². The minimum absolute atomic E-state index is 0.151. The van der Waals surface area contributed by atoms with Gasteiger partial charge in [0, 0.05) is 19.3 Å². The molecule has 4 nitrogen and oxygen atoms in total. The highest BCUT2D eigenvalue weighted by Gasteiger charge is 2.15. The molecule has 120 valence electrons. The first-order chi connectivity index (χ1) is 11.1. The van der Waals surface area contributed by atoms with E-state index in [-0.39, 0.29) is 18.2 Å². The van der Waals surface area contributed by atoms with E-state index in [2.05, 4.69) is 5.32 Å². The number of nitrogens with one attached hydrogen (secondary N) is 1. The molecule has 0 aliphatic rings. The van der Waals surface area contributed by atoms with Crippen molar-refractivity contribution in [2.75, 3.05) is 12.4 Å². The smallest absolute Gasteiger partial charge is 0.233 e. The van der Waals surface area contributed by atoms with Crippen LogP contribution in [0.15, 0.2) is 54.6 Å². The molecule has 0 saturated carbocycles. The van der Waals surface area contributed by atoms with Crippen LogP contribution in [0.25, 0.3) is 0 Å². The molecule has 0 unspecified atom stereocenters. The van der Waals surface area contributed by atoms with Gasteiger partial charge in [-0.3, -0.25) is 9.59 Å². The summed E-state index contributed by atoms with van der Waals surface area (Å²) in [7, 11) is 1.71. The van der Waals surface area contributed by atoms with Crippen LogP contribution in [0, 0.1) is 0 Å². The fourth-order valence-corrected chi connectivity index (χ4v) is 2.36. The van der Waals surface area contributed by atoms with Crippen LogP contribution >= 0.6 is 0 Å². The van der Waals surface area contributed by atoms with Crippen molar-refractivity contribution in [3.05, 3.63) is 65.7 Å². The van der Waals surface area contributed by atoms with Gasteiger partial charge in [-0.25, -0.2) is 0 Å². The molecule has 0 aromatic heterocycles. The van der Waals surface area contributed by atoms with E-state index in [9.17, 15) is 9.59 Å². The SMILES string of the molecule is CCc1ccccc1NC(=O)CC(=O)N(C)Cc1ccccc1. The van der Waals surface area contributed by atoms with Crippen LogP contribution in [0.3, 0.4) is 0 Å². The molecule has 0 heterocycles. The molecule has 0 saturated heterocycles. The number of anilines is 1. The van der Waals surface area contributed by atoms with Gasteiger partial charge < -0.3 is 10.2 Å². The largest absolute Gasteiger partial charge is 0.341 e. The summed E-state index contributed by atoms with van der Waals surface area (Å²) >= 11 is 0. The summed E-state index contributed by atoms with van der Waals surface area (Å²) in [5, 5.41) is 2.82. The summed E-state index contributed by atoms with van der Waals surface area (Å²) < 4.78 is 0. The first-order valence-electron chi connectivity index (χ1n) is 7.75. The molecule has 2 rings (SSSR count). The third kappa shape index (κ3) is 4.95. The lowest BCUT2D eigenvalue weighted by atomic mass is 10.1. The Bertz CT molecular complexity index is 668. The van der Waals surface area contributed by atoms with E-state index in [1.54, 1.807) is 11.9 Å². The standard InChI is InChI=1S/C19H22N2O2/c1-3-16-11-7-8-12-17(16)20-18(22)13-19(23)21(2)14-15-9-5-4-6-10-15/h4-12H,3,13-14H2,1-2H3,(H,20,22). The summed E-state index contributed by atoms with van der Waals surface area (Å²) in [6, 6.07) is 17.4. The van der Waals surface area contributed by atoms with Crippen molar-refractivity contribution >= 4 is 17.5 Å². The monoisotopic (exact) mass is 310 g/mol. The lowest BCUT2D eigenvalue weighted by Crippen LogP contribution is -2.30. The van der Waals surface area contributed by atoms with Gasteiger partial charge in [-0.2, -0.15) is 0 Å². The van der Waals surface area contributed by atoms with Crippen LogP contribution in [-0.2, 0) is 22.6 Å².